The summed E-state index contributed by atoms with van der Waals surface area (Å²) in [5, 5.41) is 6.15. The standard InChI is InChI=1S/C26H21Cl2N3O3/c1-16-6-8-17(9-7-16)10-13-25(33)31-22-5-3-2-4-21(22)30-26(34)23(31)15-24(32)29-18-11-12-19(27)20(28)14-18/h2-14,23H,15H2,1H3,(H,29,32)(H,30,34)/b13-10+/t23-/m0/s1. The van der Waals surface area contributed by atoms with Crippen molar-refractivity contribution in [1.82, 2.24) is 0 Å². The summed E-state index contributed by atoms with van der Waals surface area (Å²) in [6.07, 6.45) is 2.85. The molecule has 0 aliphatic carbocycles. The number of halogens is 2. The van der Waals surface area contributed by atoms with E-state index < -0.39 is 23.8 Å². The number of hydrogen-bond acceptors (Lipinski definition) is 3. The van der Waals surface area contributed by atoms with Gasteiger partial charge in [-0.1, -0.05) is 65.2 Å². The van der Waals surface area contributed by atoms with Crippen molar-refractivity contribution in [2.45, 2.75) is 19.4 Å². The molecule has 1 atom stereocenters. The molecule has 2 N–H and O–H groups in total. The number of nitrogens with zero attached hydrogens (tertiary/aromatic N) is 1. The van der Waals surface area contributed by atoms with Gasteiger partial charge in [-0.15, -0.1) is 0 Å². The van der Waals surface area contributed by atoms with Crippen LogP contribution in [-0.4, -0.2) is 23.8 Å². The molecule has 6 nitrogen and oxygen atoms in total. The first kappa shape index (κ1) is 23.5. The van der Waals surface area contributed by atoms with Gasteiger partial charge in [-0.05, 0) is 48.9 Å². The number of rotatable bonds is 5. The third-order valence-electron chi connectivity index (χ3n) is 5.35. The lowest BCUT2D eigenvalue weighted by atomic mass is 10.0. The van der Waals surface area contributed by atoms with Crippen LogP contribution in [0.4, 0.5) is 17.1 Å². The maximum Gasteiger partial charge on any atom is 0.251 e. The fraction of sp³-hybridized carbons (Fsp3) is 0.115. The van der Waals surface area contributed by atoms with E-state index in [0.29, 0.717) is 27.1 Å². The van der Waals surface area contributed by atoms with Crippen LogP contribution in [0.2, 0.25) is 10.0 Å². The minimum Gasteiger partial charge on any atom is -0.326 e. The number of hydrogen-bond donors (Lipinski definition) is 2. The van der Waals surface area contributed by atoms with Crippen molar-refractivity contribution in [1.29, 1.82) is 0 Å². The molecule has 1 heterocycles. The first-order chi connectivity index (χ1) is 16.3. The molecule has 0 fully saturated rings. The number of fused-ring (bicyclic) bond motifs is 1. The number of amides is 3. The van der Waals surface area contributed by atoms with Gasteiger partial charge in [0.15, 0.2) is 0 Å². The summed E-state index contributed by atoms with van der Waals surface area (Å²) in [7, 11) is 0. The second kappa shape index (κ2) is 10.1. The van der Waals surface area contributed by atoms with Gasteiger partial charge >= 0.3 is 0 Å². The smallest absolute Gasteiger partial charge is 0.251 e. The molecule has 0 unspecified atom stereocenters. The van der Waals surface area contributed by atoms with Crippen LogP contribution in [0, 0.1) is 6.92 Å². The highest BCUT2D eigenvalue weighted by Gasteiger charge is 2.37. The minimum atomic E-state index is -1.03. The SMILES string of the molecule is Cc1ccc(/C=C/C(=O)N2c3ccccc3NC(=O)[C@@H]2CC(=O)Nc2ccc(Cl)c(Cl)c2)cc1. The van der Waals surface area contributed by atoms with Crippen molar-refractivity contribution >= 4 is 64.1 Å². The molecule has 3 aromatic carbocycles. The van der Waals surface area contributed by atoms with Crippen LogP contribution >= 0.6 is 23.2 Å². The predicted molar refractivity (Wildman–Crippen MR) is 136 cm³/mol. The van der Waals surface area contributed by atoms with Crippen LogP contribution in [0.3, 0.4) is 0 Å². The second-order valence-corrected chi connectivity index (χ2v) is 8.67. The van der Waals surface area contributed by atoms with E-state index >= 15 is 0 Å². The Balaban J connectivity index is 1.59. The number of aryl methyl sites for hydroxylation is 1. The highest BCUT2D eigenvalue weighted by molar-refractivity contribution is 6.42. The van der Waals surface area contributed by atoms with E-state index in [9.17, 15) is 14.4 Å². The lowest BCUT2D eigenvalue weighted by Gasteiger charge is -2.35. The Morgan fingerprint density at radius 1 is 1.03 bits per heavy atom. The van der Waals surface area contributed by atoms with E-state index in [2.05, 4.69) is 10.6 Å². The lowest BCUT2D eigenvalue weighted by Crippen LogP contribution is -2.52. The Morgan fingerprint density at radius 3 is 2.50 bits per heavy atom. The lowest BCUT2D eigenvalue weighted by molar-refractivity contribution is -0.124. The highest BCUT2D eigenvalue weighted by Crippen LogP contribution is 2.33. The summed E-state index contributed by atoms with van der Waals surface area (Å²) in [4.78, 5) is 40.3. The van der Waals surface area contributed by atoms with E-state index in [1.54, 1.807) is 42.5 Å². The number of para-hydroxylation sites is 2. The van der Waals surface area contributed by atoms with Crippen molar-refractivity contribution in [3.63, 3.8) is 0 Å². The molecule has 34 heavy (non-hydrogen) atoms. The molecule has 172 valence electrons. The molecular weight excluding hydrogens is 473 g/mol. The monoisotopic (exact) mass is 493 g/mol. The van der Waals surface area contributed by atoms with Gasteiger partial charge in [0.25, 0.3) is 5.91 Å². The molecule has 3 aromatic rings. The van der Waals surface area contributed by atoms with Gasteiger partial charge in [0.05, 0.1) is 27.8 Å². The van der Waals surface area contributed by atoms with Gasteiger partial charge in [0, 0.05) is 11.8 Å². The van der Waals surface area contributed by atoms with Crippen molar-refractivity contribution in [3.8, 4) is 0 Å². The average Bonchev–Trinajstić information content (AvgIpc) is 2.81. The Hall–Kier alpha value is -3.61. The van der Waals surface area contributed by atoms with E-state index in [4.69, 9.17) is 23.2 Å². The van der Waals surface area contributed by atoms with Gasteiger partial charge < -0.3 is 10.6 Å². The maximum atomic E-state index is 13.3. The molecule has 8 heteroatoms. The largest absolute Gasteiger partial charge is 0.326 e. The van der Waals surface area contributed by atoms with Crippen LogP contribution in [0.5, 0.6) is 0 Å². The molecule has 0 spiro atoms. The van der Waals surface area contributed by atoms with E-state index in [1.165, 1.54) is 17.0 Å². The summed E-state index contributed by atoms with van der Waals surface area (Å²) in [5.41, 5.74) is 3.42. The van der Waals surface area contributed by atoms with E-state index in [1.807, 2.05) is 31.2 Å². The fourth-order valence-electron chi connectivity index (χ4n) is 3.63. The van der Waals surface area contributed by atoms with Crippen molar-refractivity contribution < 1.29 is 14.4 Å². The third-order valence-corrected chi connectivity index (χ3v) is 6.09. The van der Waals surface area contributed by atoms with Gasteiger partial charge in [-0.2, -0.15) is 0 Å². The number of nitrogens with one attached hydrogen (secondary N) is 2. The summed E-state index contributed by atoms with van der Waals surface area (Å²) >= 11 is 11.9. The van der Waals surface area contributed by atoms with Crippen LogP contribution in [0.15, 0.2) is 72.8 Å². The number of benzene rings is 3. The fourth-order valence-corrected chi connectivity index (χ4v) is 3.93. The molecule has 0 saturated carbocycles. The molecular formula is C26H21Cl2N3O3. The van der Waals surface area contributed by atoms with Crippen molar-refractivity contribution in [2.75, 3.05) is 15.5 Å². The molecule has 0 aromatic heterocycles. The molecule has 1 aliphatic heterocycles. The molecule has 3 amide bonds. The third kappa shape index (κ3) is 5.30. The van der Waals surface area contributed by atoms with Crippen molar-refractivity contribution in [2.24, 2.45) is 0 Å². The van der Waals surface area contributed by atoms with Gasteiger partial charge in [0.2, 0.25) is 11.8 Å². The molecule has 1 aliphatic rings. The predicted octanol–water partition coefficient (Wildman–Crippen LogP) is 5.70. The summed E-state index contributed by atoms with van der Waals surface area (Å²) in [6.45, 7) is 1.98. The zero-order chi connectivity index (χ0) is 24.2. The first-order valence-corrected chi connectivity index (χ1v) is 11.3. The Kier molecular flexibility index (Phi) is 7.01. The zero-order valence-electron chi connectivity index (χ0n) is 18.2. The molecule has 4 rings (SSSR count). The number of carbonyl (C=O) groups is 3. The summed E-state index contributed by atoms with van der Waals surface area (Å²) in [6, 6.07) is 18.3. The molecule has 0 saturated heterocycles. The Bertz CT molecular complexity index is 1290. The van der Waals surface area contributed by atoms with E-state index in [0.717, 1.165) is 11.1 Å². The molecule has 0 radical (unpaired) electrons. The van der Waals surface area contributed by atoms with Crippen molar-refractivity contribution in [3.05, 3.63) is 94.0 Å². The second-order valence-electron chi connectivity index (χ2n) is 7.86. The summed E-state index contributed by atoms with van der Waals surface area (Å²) in [5.74, 6) is -1.30. The average molecular weight is 494 g/mol. The van der Waals surface area contributed by atoms with E-state index in [-0.39, 0.29) is 6.42 Å². The van der Waals surface area contributed by atoms with Crippen LogP contribution in [-0.2, 0) is 14.4 Å². The highest BCUT2D eigenvalue weighted by atomic mass is 35.5. The number of carbonyl (C=O) groups excluding carboxylic acids is 3. The first-order valence-electron chi connectivity index (χ1n) is 10.5. The van der Waals surface area contributed by atoms with Crippen LogP contribution < -0.4 is 15.5 Å². The van der Waals surface area contributed by atoms with Gasteiger partial charge in [0.1, 0.15) is 6.04 Å². The van der Waals surface area contributed by atoms with Gasteiger partial charge in [-0.25, -0.2) is 0 Å². The molecule has 0 bridgehead atoms. The number of anilines is 3. The van der Waals surface area contributed by atoms with Crippen LogP contribution in [0.25, 0.3) is 6.08 Å². The minimum absolute atomic E-state index is 0.246. The Labute approximate surface area is 207 Å². The quantitative estimate of drug-likeness (QED) is 0.447. The topological polar surface area (TPSA) is 78.5 Å². The normalized spacial score (nSPS) is 15.1. The maximum absolute atomic E-state index is 13.3. The van der Waals surface area contributed by atoms with Gasteiger partial charge in [-0.3, -0.25) is 19.3 Å². The summed E-state index contributed by atoms with van der Waals surface area (Å²) < 4.78 is 0. The Morgan fingerprint density at radius 2 is 1.76 bits per heavy atom. The van der Waals surface area contributed by atoms with Crippen LogP contribution in [0.1, 0.15) is 17.5 Å². The zero-order valence-corrected chi connectivity index (χ0v) is 19.7.